The lowest BCUT2D eigenvalue weighted by molar-refractivity contribution is 0.0505. The fourth-order valence-corrected chi connectivity index (χ4v) is 1.79. The van der Waals surface area contributed by atoms with Gasteiger partial charge in [-0.1, -0.05) is 49.4 Å². The molecule has 0 radical (unpaired) electrons. The molecule has 0 aromatic heterocycles. The van der Waals surface area contributed by atoms with Gasteiger partial charge in [-0.25, -0.2) is 4.79 Å². The summed E-state index contributed by atoms with van der Waals surface area (Å²) in [5.74, 6) is -0.412. The molecule has 20 heavy (non-hydrogen) atoms. The second-order valence-electron chi connectivity index (χ2n) is 4.41. The third kappa shape index (κ3) is 3.32. The van der Waals surface area contributed by atoms with E-state index >= 15 is 0 Å². The van der Waals surface area contributed by atoms with Crippen LogP contribution in [0.15, 0.2) is 54.6 Å². The molecule has 0 unspecified atom stereocenters. The monoisotopic (exact) mass is 268 g/mol. The number of carbonyl (C=O) groups excluding carboxylic acids is 2. The van der Waals surface area contributed by atoms with Gasteiger partial charge >= 0.3 is 5.97 Å². The van der Waals surface area contributed by atoms with E-state index in [9.17, 15) is 9.59 Å². The molecule has 0 aliphatic rings. The van der Waals surface area contributed by atoms with Crippen molar-refractivity contribution in [3.8, 4) is 0 Å². The standard InChI is InChI=1S/C17H16O3/c1-2-12-20-17(19)15-10-8-14(9-11-15)16(18)13-6-4-3-5-7-13/h3-11H,2,12H2,1H3. The highest BCUT2D eigenvalue weighted by molar-refractivity contribution is 6.09. The summed E-state index contributed by atoms with van der Waals surface area (Å²) in [6, 6.07) is 15.6. The van der Waals surface area contributed by atoms with Crippen LogP contribution in [0.1, 0.15) is 39.6 Å². The Morgan fingerprint density at radius 1 is 0.850 bits per heavy atom. The van der Waals surface area contributed by atoms with Crippen molar-refractivity contribution >= 4 is 11.8 Å². The van der Waals surface area contributed by atoms with Crippen LogP contribution < -0.4 is 0 Å². The number of benzene rings is 2. The van der Waals surface area contributed by atoms with E-state index in [4.69, 9.17) is 4.74 Å². The molecular weight excluding hydrogens is 252 g/mol. The molecule has 0 amide bonds. The summed E-state index contributed by atoms with van der Waals surface area (Å²) >= 11 is 0. The van der Waals surface area contributed by atoms with Gasteiger partial charge in [0.25, 0.3) is 0 Å². The average molecular weight is 268 g/mol. The third-order valence-electron chi connectivity index (χ3n) is 2.86. The van der Waals surface area contributed by atoms with E-state index in [-0.39, 0.29) is 11.8 Å². The maximum atomic E-state index is 12.2. The molecule has 0 aliphatic carbocycles. The van der Waals surface area contributed by atoms with Gasteiger partial charge in [0.15, 0.2) is 5.78 Å². The van der Waals surface area contributed by atoms with Gasteiger partial charge in [0.2, 0.25) is 0 Å². The number of esters is 1. The van der Waals surface area contributed by atoms with E-state index < -0.39 is 0 Å². The molecule has 2 rings (SSSR count). The normalized spacial score (nSPS) is 10.1. The second-order valence-corrected chi connectivity index (χ2v) is 4.41. The van der Waals surface area contributed by atoms with E-state index in [1.165, 1.54) is 0 Å². The largest absolute Gasteiger partial charge is 0.462 e. The first-order valence-corrected chi connectivity index (χ1v) is 6.59. The average Bonchev–Trinajstić information content (AvgIpc) is 2.53. The molecule has 0 atom stereocenters. The van der Waals surface area contributed by atoms with Crippen molar-refractivity contribution in [3.63, 3.8) is 0 Å². The Balaban J connectivity index is 2.12. The number of carbonyl (C=O) groups is 2. The predicted octanol–water partition coefficient (Wildman–Crippen LogP) is 3.48. The second kappa shape index (κ2) is 6.66. The highest BCUT2D eigenvalue weighted by Crippen LogP contribution is 2.11. The molecule has 2 aromatic carbocycles. The zero-order valence-electron chi connectivity index (χ0n) is 11.3. The molecule has 0 fully saturated rings. The smallest absolute Gasteiger partial charge is 0.338 e. The number of ether oxygens (including phenoxy) is 1. The number of hydrogen-bond acceptors (Lipinski definition) is 3. The molecule has 0 spiro atoms. The summed E-state index contributed by atoms with van der Waals surface area (Å²) in [7, 11) is 0. The summed E-state index contributed by atoms with van der Waals surface area (Å²) in [4.78, 5) is 23.8. The Labute approximate surface area is 118 Å². The minimum Gasteiger partial charge on any atom is -0.462 e. The molecule has 102 valence electrons. The van der Waals surface area contributed by atoms with Gasteiger partial charge in [-0.3, -0.25) is 4.79 Å². The lowest BCUT2D eigenvalue weighted by Crippen LogP contribution is -2.07. The van der Waals surface area contributed by atoms with Crippen molar-refractivity contribution in [2.75, 3.05) is 6.61 Å². The van der Waals surface area contributed by atoms with Crippen LogP contribution in [0.4, 0.5) is 0 Å². The molecule has 0 saturated carbocycles. The first kappa shape index (κ1) is 14.0. The Kier molecular flexibility index (Phi) is 4.66. The molecular formula is C17H16O3. The summed E-state index contributed by atoms with van der Waals surface area (Å²) in [6.07, 6.45) is 0.788. The molecule has 0 heterocycles. The molecule has 0 bridgehead atoms. The Hall–Kier alpha value is -2.42. The van der Waals surface area contributed by atoms with Crippen LogP contribution in [-0.4, -0.2) is 18.4 Å². The molecule has 0 saturated heterocycles. The van der Waals surface area contributed by atoms with Gasteiger partial charge in [-0.05, 0) is 18.6 Å². The number of rotatable bonds is 5. The minimum absolute atomic E-state index is 0.0564. The van der Waals surface area contributed by atoms with Crippen LogP contribution in [-0.2, 0) is 4.74 Å². The van der Waals surface area contributed by atoms with Gasteiger partial charge in [-0.15, -0.1) is 0 Å². The van der Waals surface area contributed by atoms with E-state index in [0.29, 0.717) is 23.3 Å². The summed E-state index contributed by atoms with van der Waals surface area (Å²) < 4.78 is 5.04. The molecule has 3 heteroatoms. The number of ketones is 1. The van der Waals surface area contributed by atoms with Gasteiger partial charge < -0.3 is 4.74 Å². The van der Waals surface area contributed by atoms with Crippen LogP contribution in [0.2, 0.25) is 0 Å². The molecule has 3 nitrogen and oxygen atoms in total. The van der Waals surface area contributed by atoms with Gasteiger partial charge in [0, 0.05) is 11.1 Å². The maximum absolute atomic E-state index is 12.2. The lowest BCUT2D eigenvalue weighted by atomic mass is 10.0. The van der Waals surface area contributed by atoms with Gasteiger partial charge in [0.05, 0.1) is 12.2 Å². The Morgan fingerprint density at radius 2 is 1.40 bits per heavy atom. The fraction of sp³-hybridized carbons (Fsp3) is 0.176. The van der Waals surface area contributed by atoms with Gasteiger partial charge in [-0.2, -0.15) is 0 Å². The first-order chi connectivity index (χ1) is 9.72. The quantitative estimate of drug-likeness (QED) is 0.616. The summed E-state index contributed by atoms with van der Waals surface area (Å²) in [6.45, 7) is 2.35. The van der Waals surface area contributed by atoms with Crippen molar-refractivity contribution in [2.45, 2.75) is 13.3 Å². The highest BCUT2D eigenvalue weighted by atomic mass is 16.5. The van der Waals surface area contributed by atoms with Gasteiger partial charge in [0.1, 0.15) is 0 Å². The number of hydrogen-bond donors (Lipinski definition) is 0. The lowest BCUT2D eigenvalue weighted by Gasteiger charge is -2.04. The molecule has 2 aromatic rings. The Morgan fingerprint density at radius 3 is 2.00 bits per heavy atom. The SMILES string of the molecule is CCCOC(=O)c1ccc(C(=O)c2ccccc2)cc1. The predicted molar refractivity (Wildman–Crippen MR) is 76.9 cm³/mol. The maximum Gasteiger partial charge on any atom is 0.338 e. The summed E-state index contributed by atoms with van der Waals surface area (Å²) in [5, 5.41) is 0. The van der Waals surface area contributed by atoms with E-state index in [1.807, 2.05) is 25.1 Å². The van der Waals surface area contributed by atoms with Crippen LogP contribution in [0.5, 0.6) is 0 Å². The van der Waals surface area contributed by atoms with Crippen LogP contribution in [0.3, 0.4) is 0 Å². The van der Waals surface area contributed by atoms with Crippen molar-refractivity contribution in [1.82, 2.24) is 0 Å². The van der Waals surface area contributed by atoms with Crippen molar-refractivity contribution in [3.05, 3.63) is 71.3 Å². The zero-order valence-corrected chi connectivity index (χ0v) is 11.3. The van der Waals surface area contributed by atoms with Crippen LogP contribution in [0.25, 0.3) is 0 Å². The van der Waals surface area contributed by atoms with Crippen molar-refractivity contribution in [1.29, 1.82) is 0 Å². The summed E-state index contributed by atoms with van der Waals surface area (Å²) in [5.41, 5.74) is 1.65. The molecule has 0 N–H and O–H groups in total. The molecule has 0 aliphatic heterocycles. The van der Waals surface area contributed by atoms with Crippen molar-refractivity contribution in [2.24, 2.45) is 0 Å². The fourth-order valence-electron chi connectivity index (χ4n) is 1.79. The van der Waals surface area contributed by atoms with Crippen LogP contribution >= 0.6 is 0 Å². The van der Waals surface area contributed by atoms with Crippen LogP contribution in [0, 0.1) is 0 Å². The van der Waals surface area contributed by atoms with E-state index in [0.717, 1.165) is 6.42 Å². The first-order valence-electron chi connectivity index (χ1n) is 6.59. The topological polar surface area (TPSA) is 43.4 Å². The highest BCUT2D eigenvalue weighted by Gasteiger charge is 2.11. The minimum atomic E-state index is -0.356. The van der Waals surface area contributed by atoms with Crippen molar-refractivity contribution < 1.29 is 14.3 Å². The van der Waals surface area contributed by atoms with E-state index in [2.05, 4.69) is 0 Å². The third-order valence-corrected chi connectivity index (χ3v) is 2.86. The van der Waals surface area contributed by atoms with E-state index in [1.54, 1.807) is 36.4 Å². The Bertz CT molecular complexity index is 585. The zero-order chi connectivity index (χ0) is 14.4.